The minimum Gasteiger partial charge on any atom is -0.493 e. The van der Waals surface area contributed by atoms with Gasteiger partial charge in [-0.05, 0) is 24.1 Å². The maximum Gasteiger partial charge on any atom is 0.331 e. The van der Waals surface area contributed by atoms with Crippen molar-refractivity contribution in [1.82, 2.24) is 14.5 Å². The highest BCUT2D eigenvalue weighted by molar-refractivity contribution is 7.91. The third-order valence-corrected chi connectivity index (χ3v) is 5.87. The van der Waals surface area contributed by atoms with Crippen LogP contribution in [0.4, 0.5) is 4.79 Å². The topological polar surface area (TPSA) is 129 Å². The van der Waals surface area contributed by atoms with E-state index in [0.29, 0.717) is 22.8 Å². The van der Waals surface area contributed by atoms with E-state index in [0.717, 1.165) is 10.5 Å². The number of amides is 3. The Bertz CT molecular complexity index is 846. The number of hydrogen-bond donors (Lipinski definition) is 2. The van der Waals surface area contributed by atoms with E-state index in [4.69, 9.17) is 14.9 Å². The van der Waals surface area contributed by atoms with Crippen LogP contribution in [0.1, 0.15) is 5.56 Å². The smallest absolute Gasteiger partial charge is 0.331 e. The number of hydrogen-bond acceptors (Lipinski definition) is 7. The molecule has 0 aliphatic carbocycles. The Morgan fingerprint density at radius 3 is 2.33 bits per heavy atom. The Hall–Kier alpha value is -2.66. The summed E-state index contributed by atoms with van der Waals surface area (Å²) in [6, 6.07) is 4.45. The molecule has 0 bridgehead atoms. The molecule has 1 fully saturated rings. The molecule has 27 heavy (non-hydrogen) atoms. The molecule has 1 aromatic rings. The standard InChI is InChI=1S/C16H22N4O6S/c1-19-14(17)13(15(21)20(2)16(19)22)27(23,24)18-8-7-10-5-6-11(25-3)12(9-10)26-4/h5-6,9,13,17-18H,7-8H2,1-4H3. The summed E-state index contributed by atoms with van der Waals surface area (Å²) in [7, 11) is 1.26. The van der Waals surface area contributed by atoms with Gasteiger partial charge >= 0.3 is 6.03 Å². The van der Waals surface area contributed by atoms with Gasteiger partial charge in [0.15, 0.2) is 11.5 Å². The molecule has 0 spiro atoms. The van der Waals surface area contributed by atoms with Crippen molar-refractivity contribution in [2.45, 2.75) is 11.7 Å². The highest BCUT2D eigenvalue weighted by atomic mass is 32.2. The number of nitrogens with one attached hydrogen (secondary N) is 2. The van der Waals surface area contributed by atoms with Gasteiger partial charge in [-0.15, -0.1) is 0 Å². The highest BCUT2D eigenvalue weighted by Crippen LogP contribution is 2.27. The predicted octanol–water partition coefficient (Wildman–Crippen LogP) is 0.0354. The lowest BCUT2D eigenvalue weighted by molar-refractivity contribution is -0.126. The number of ether oxygens (including phenoxy) is 2. The van der Waals surface area contributed by atoms with E-state index in [1.54, 1.807) is 18.2 Å². The third-order valence-electron chi connectivity index (χ3n) is 4.21. The monoisotopic (exact) mass is 398 g/mol. The summed E-state index contributed by atoms with van der Waals surface area (Å²) in [4.78, 5) is 25.5. The number of sulfonamides is 1. The quantitative estimate of drug-likeness (QED) is 0.667. The summed E-state index contributed by atoms with van der Waals surface area (Å²) in [5.74, 6) is -0.467. The lowest BCUT2D eigenvalue weighted by Gasteiger charge is -2.34. The average molecular weight is 398 g/mol. The van der Waals surface area contributed by atoms with Crippen LogP contribution in [0.3, 0.4) is 0 Å². The van der Waals surface area contributed by atoms with Gasteiger partial charge in [0, 0.05) is 20.6 Å². The second-order valence-electron chi connectivity index (χ2n) is 5.88. The molecule has 1 unspecified atom stereocenters. The number of rotatable bonds is 7. The first kappa shape index (κ1) is 20.6. The van der Waals surface area contributed by atoms with Crippen LogP contribution in [-0.4, -0.2) is 76.1 Å². The fourth-order valence-electron chi connectivity index (χ4n) is 2.63. The molecule has 1 heterocycles. The zero-order valence-corrected chi connectivity index (χ0v) is 16.3. The molecule has 10 nitrogen and oxygen atoms in total. The zero-order chi connectivity index (χ0) is 20.4. The second-order valence-corrected chi connectivity index (χ2v) is 7.73. The van der Waals surface area contributed by atoms with Crippen molar-refractivity contribution in [1.29, 1.82) is 5.41 Å². The molecule has 0 saturated carbocycles. The number of nitrogens with zero attached hydrogens (tertiary/aromatic N) is 2. The van der Waals surface area contributed by atoms with Crippen molar-refractivity contribution in [3.8, 4) is 11.5 Å². The van der Waals surface area contributed by atoms with Crippen molar-refractivity contribution in [3.05, 3.63) is 23.8 Å². The summed E-state index contributed by atoms with van der Waals surface area (Å²) in [5.41, 5.74) is 0.796. The van der Waals surface area contributed by atoms with Crippen LogP contribution in [-0.2, 0) is 21.2 Å². The zero-order valence-electron chi connectivity index (χ0n) is 15.5. The average Bonchev–Trinajstić information content (AvgIpc) is 2.64. The lowest BCUT2D eigenvalue weighted by Crippen LogP contribution is -2.63. The number of urea groups is 1. The number of carbonyl (C=O) groups excluding carboxylic acids is 2. The second kappa shape index (κ2) is 7.92. The van der Waals surface area contributed by atoms with Gasteiger partial charge in [-0.1, -0.05) is 6.07 Å². The Balaban J connectivity index is 2.10. The van der Waals surface area contributed by atoms with Gasteiger partial charge in [0.05, 0.1) is 14.2 Å². The number of carbonyl (C=O) groups is 2. The fraction of sp³-hybridized carbons (Fsp3) is 0.438. The third kappa shape index (κ3) is 4.03. The molecule has 1 aromatic carbocycles. The van der Waals surface area contributed by atoms with E-state index in [1.807, 2.05) is 0 Å². The SMILES string of the molecule is COc1ccc(CCNS(=O)(=O)C2C(=N)N(C)C(=O)N(C)C2=O)cc1OC. The summed E-state index contributed by atoms with van der Waals surface area (Å²) < 4.78 is 37.8. The van der Waals surface area contributed by atoms with Crippen LogP contribution in [0, 0.1) is 5.41 Å². The first-order valence-electron chi connectivity index (χ1n) is 7.97. The summed E-state index contributed by atoms with van der Waals surface area (Å²) in [6.45, 7) is 0.0102. The number of imide groups is 1. The van der Waals surface area contributed by atoms with Crippen LogP contribution in [0.15, 0.2) is 18.2 Å². The molecule has 0 aromatic heterocycles. The molecule has 3 amide bonds. The minimum absolute atomic E-state index is 0.0102. The van der Waals surface area contributed by atoms with E-state index in [1.165, 1.54) is 28.3 Å². The molecule has 2 N–H and O–H groups in total. The molecule has 148 valence electrons. The molecule has 1 aliphatic rings. The molecular weight excluding hydrogens is 376 g/mol. The molecule has 1 saturated heterocycles. The van der Waals surface area contributed by atoms with E-state index >= 15 is 0 Å². The van der Waals surface area contributed by atoms with Gasteiger partial charge in [-0.25, -0.2) is 17.9 Å². The molecule has 11 heteroatoms. The summed E-state index contributed by atoms with van der Waals surface area (Å²) in [6.07, 6.45) is 0.332. The van der Waals surface area contributed by atoms with E-state index in [-0.39, 0.29) is 6.54 Å². The van der Waals surface area contributed by atoms with Gasteiger partial charge in [0.2, 0.25) is 15.3 Å². The maximum atomic E-state index is 12.5. The van der Waals surface area contributed by atoms with Crippen molar-refractivity contribution in [3.63, 3.8) is 0 Å². The molecular formula is C16H22N4O6S. The van der Waals surface area contributed by atoms with Crippen LogP contribution < -0.4 is 14.2 Å². The van der Waals surface area contributed by atoms with Gasteiger partial charge in [-0.3, -0.25) is 20.0 Å². The van der Waals surface area contributed by atoms with Crippen LogP contribution in [0.25, 0.3) is 0 Å². The first-order valence-corrected chi connectivity index (χ1v) is 9.51. The number of amidine groups is 1. The Morgan fingerprint density at radius 1 is 1.11 bits per heavy atom. The molecule has 1 aliphatic heterocycles. The molecule has 0 radical (unpaired) electrons. The van der Waals surface area contributed by atoms with Crippen LogP contribution in [0.5, 0.6) is 11.5 Å². The van der Waals surface area contributed by atoms with Gasteiger partial charge in [0.25, 0.3) is 5.91 Å². The Kier molecular flexibility index (Phi) is 6.06. The van der Waals surface area contributed by atoms with Gasteiger partial charge < -0.3 is 9.47 Å². The van der Waals surface area contributed by atoms with E-state index in [2.05, 4.69) is 4.72 Å². The van der Waals surface area contributed by atoms with E-state index in [9.17, 15) is 18.0 Å². The summed E-state index contributed by atoms with van der Waals surface area (Å²) in [5, 5.41) is 6.10. The van der Waals surface area contributed by atoms with Gasteiger partial charge in [-0.2, -0.15) is 0 Å². The highest BCUT2D eigenvalue weighted by Gasteiger charge is 2.47. The predicted molar refractivity (Wildman–Crippen MR) is 97.6 cm³/mol. The largest absolute Gasteiger partial charge is 0.493 e. The number of methoxy groups -OCH3 is 2. The van der Waals surface area contributed by atoms with Crippen molar-refractivity contribution in [2.24, 2.45) is 0 Å². The minimum atomic E-state index is -4.19. The normalized spacial score (nSPS) is 18.1. The Labute approximate surface area is 157 Å². The van der Waals surface area contributed by atoms with Crippen molar-refractivity contribution < 1.29 is 27.5 Å². The van der Waals surface area contributed by atoms with Crippen LogP contribution in [0.2, 0.25) is 0 Å². The molecule has 1 atom stereocenters. The van der Waals surface area contributed by atoms with Gasteiger partial charge in [0.1, 0.15) is 5.84 Å². The van der Waals surface area contributed by atoms with Crippen LogP contribution >= 0.6 is 0 Å². The maximum absolute atomic E-state index is 12.5. The van der Waals surface area contributed by atoms with E-state index < -0.39 is 33.0 Å². The molecule has 2 rings (SSSR count). The summed E-state index contributed by atoms with van der Waals surface area (Å²) >= 11 is 0. The number of benzene rings is 1. The lowest BCUT2D eigenvalue weighted by atomic mass is 10.1. The first-order chi connectivity index (χ1) is 12.6. The Morgan fingerprint density at radius 2 is 1.74 bits per heavy atom. The van der Waals surface area contributed by atoms with Crippen molar-refractivity contribution >= 4 is 27.8 Å². The fourth-order valence-corrected chi connectivity index (χ4v) is 4.06. The van der Waals surface area contributed by atoms with Crippen molar-refractivity contribution in [2.75, 3.05) is 34.9 Å².